The number of nitrogens with two attached hydrogens (primary N) is 1. The van der Waals surface area contributed by atoms with Crippen LogP contribution in [0, 0.1) is 0 Å². The number of oxime groups is 1. The first-order valence-corrected chi connectivity index (χ1v) is 4.37. The van der Waals surface area contributed by atoms with Gasteiger partial charge in [0.25, 0.3) is 0 Å². The predicted octanol–water partition coefficient (Wildman–Crippen LogP) is 2.10. The van der Waals surface area contributed by atoms with Crippen molar-refractivity contribution < 1.29 is 9.94 Å². The van der Waals surface area contributed by atoms with Gasteiger partial charge < -0.3 is 15.7 Å². The molecule has 0 aliphatic heterocycles. The zero-order valence-corrected chi connectivity index (χ0v) is 8.80. The number of amidine groups is 1. The molecule has 1 rings (SSSR count). The molecule has 0 heterocycles. The second kappa shape index (κ2) is 4.39. The summed E-state index contributed by atoms with van der Waals surface area (Å²) in [6.07, 6.45) is 0. The van der Waals surface area contributed by atoms with E-state index in [1.54, 1.807) is 12.1 Å². The van der Waals surface area contributed by atoms with Gasteiger partial charge in [-0.1, -0.05) is 28.4 Å². The van der Waals surface area contributed by atoms with Gasteiger partial charge >= 0.3 is 0 Å². The summed E-state index contributed by atoms with van der Waals surface area (Å²) in [4.78, 5) is 0. The first kappa shape index (κ1) is 10.9. The number of hydrogen-bond acceptors (Lipinski definition) is 3. The molecule has 1 aromatic rings. The Hall–Kier alpha value is -1.13. The van der Waals surface area contributed by atoms with Crippen LogP contribution in [0.4, 0.5) is 0 Å². The van der Waals surface area contributed by atoms with Crippen molar-refractivity contribution in [1.82, 2.24) is 0 Å². The summed E-state index contributed by atoms with van der Waals surface area (Å²) in [5.74, 6) is 0.339. The lowest BCUT2D eigenvalue weighted by Crippen LogP contribution is -2.13. The summed E-state index contributed by atoms with van der Waals surface area (Å²) < 4.78 is 4.93. The van der Waals surface area contributed by atoms with Crippen molar-refractivity contribution in [2.45, 2.75) is 0 Å². The summed E-state index contributed by atoms with van der Waals surface area (Å²) in [5, 5.41) is 11.7. The van der Waals surface area contributed by atoms with Crippen molar-refractivity contribution in [3.05, 3.63) is 27.7 Å². The summed E-state index contributed by atoms with van der Waals surface area (Å²) >= 11 is 11.7. The van der Waals surface area contributed by atoms with Crippen molar-refractivity contribution in [2.24, 2.45) is 10.9 Å². The molecule has 0 aliphatic carbocycles. The zero-order valence-electron chi connectivity index (χ0n) is 7.29. The molecule has 0 saturated heterocycles. The Balaban J connectivity index is 3.31. The van der Waals surface area contributed by atoms with Crippen molar-refractivity contribution in [3.8, 4) is 5.75 Å². The van der Waals surface area contributed by atoms with Gasteiger partial charge in [-0.05, 0) is 12.1 Å². The van der Waals surface area contributed by atoms with Crippen LogP contribution in [0.1, 0.15) is 5.56 Å². The number of methoxy groups -OCH3 is 1. The molecule has 0 fully saturated rings. The number of rotatable bonds is 2. The fourth-order valence-corrected chi connectivity index (χ4v) is 1.44. The molecule has 3 N–H and O–H groups in total. The Morgan fingerprint density at radius 1 is 1.43 bits per heavy atom. The molecule has 0 aliphatic rings. The number of nitrogens with zero attached hydrogens (tertiary/aromatic N) is 1. The standard InChI is InChI=1S/C8H8Cl2N2O2/c1-14-5-3-2-4(8(11)12-13)6(9)7(5)10/h2-3,13H,1H3,(H2,11,12). The summed E-state index contributed by atoms with van der Waals surface area (Å²) in [7, 11) is 1.47. The lowest BCUT2D eigenvalue weighted by molar-refractivity contribution is 0.318. The number of hydrogen-bond donors (Lipinski definition) is 2. The van der Waals surface area contributed by atoms with E-state index < -0.39 is 0 Å². The van der Waals surface area contributed by atoms with Crippen molar-refractivity contribution in [1.29, 1.82) is 0 Å². The maximum atomic E-state index is 8.46. The molecule has 0 saturated carbocycles. The molecular weight excluding hydrogens is 227 g/mol. The molecule has 0 atom stereocenters. The zero-order chi connectivity index (χ0) is 10.7. The number of halogens is 2. The Labute approximate surface area is 90.9 Å². The van der Waals surface area contributed by atoms with Gasteiger partial charge in [-0.3, -0.25) is 0 Å². The molecular formula is C8H8Cl2N2O2. The first-order valence-electron chi connectivity index (χ1n) is 3.61. The molecule has 0 aromatic heterocycles. The second-order valence-corrected chi connectivity index (χ2v) is 3.18. The van der Waals surface area contributed by atoms with Crippen LogP contribution in [-0.4, -0.2) is 18.2 Å². The van der Waals surface area contributed by atoms with Gasteiger partial charge in [0.15, 0.2) is 5.84 Å². The van der Waals surface area contributed by atoms with Gasteiger partial charge in [0.05, 0.1) is 12.1 Å². The van der Waals surface area contributed by atoms with E-state index in [2.05, 4.69) is 5.16 Å². The largest absolute Gasteiger partial charge is 0.495 e. The lowest BCUT2D eigenvalue weighted by atomic mass is 10.2. The van der Waals surface area contributed by atoms with Crippen LogP contribution in [-0.2, 0) is 0 Å². The third kappa shape index (κ3) is 1.86. The molecule has 0 bridgehead atoms. The topological polar surface area (TPSA) is 67.8 Å². The quantitative estimate of drug-likeness (QED) is 0.357. The van der Waals surface area contributed by atoms with E-state index in [1.165, 1.54) is 7.11 Å². The highest BCUT2D eigenvalue weighted by atomic mass is 35.5. The van der Waals surface area contributed by atoms with Gasteiger partial charge in [-0.25, -0.2) is 0 Å². The average Bonchev–Trinajstić information content (AvgIpc) is 2.21. The van der Waals surface area contributed by atoms with Gasteiger partial charge in [0.2, 0.25) is 0 Å². The highest BCUT2D eigenvalue weighted by Crippen LogP contribution is 2.34. The normalized spacial score (nSPS) is 11.5. The monoisotopic (exact) mass is 234 g/mol. The molecule has 6 heteroatoms. The van der Waals surface area contributed by atoms with E-state index in [0.717, 1.165) is 0 Å². The Kier molecular flexibility index (Phi) is 3.43. The minimum atomic E-state index is -0.0976. The summed E-state index contributed by atoms with van der Waals surface area (Å²) in [6, 6.07) is 3.14. The predicted molar refractivity (Wildman–Crippen MR) is 55.5 cm³/mol. The van der Waals surface area contributed by atoms with Gasteiger partial charge in [0.1, 0.15) is 10.8 Å². The highest BCUT2D eigenvalue weighted by molar-refractivity contribution is 6.44. The van der Waals surface area contributed by atoms with Crippen molar-refractivity contribution >= 4 is 29.0 Å². The molecule has 76 valence electrons. The van der Waals surface area contributed by atoms with Crippen molar-refractivity contribution in [3.63, 3.8) is 0 Å². The first-order chi connectivity index (χ1) is 6.61. The number of benzene rings is 1. The number of ether oxygens (including phenoxy) is 1. The summed E-state index contributed by atoms with van der Waals surface area (Å²) in [6.45, 7) is 0. The van der Waals surface area contributed by atoms with Crippen LogP contribution in [0.15, 0.2) is 17.3 Å². The van der Waals surface area contributed by atoms with Crippen LogP contribution in [0.3, 0.4) is 0 Å². The van der Waals surface area contributed by atoms with E-state index in [9.17, 15) is 0 Å². The van der Waals surface area contributed by atoms with Crippen LogP contribution < -0.4 is 10.5 Å². The Morgan fingerprint density at radius 2 is 2.07 bits per heavy atom. The maximum absolute atomic E-state index is 8.46. The minimum absolute atomic E-state index is 0.0976. The van der Waals surface area contributed by atoms with Crippen molar-refractivity contribution in [2.75, 3.05) is 7.11 Å². The molecule has 14 heavy (non-hydrogen) atoms. The van der Waals surface area contributed by atoms with E-state index in [0.29, 0.717) is 11.3 Å². The summed E-state index contributed by atoms with van der Waals surface area (Å²) in [5.41, 5.74) is 5.73. The fourth-order valence-electron chi connectivity index (χ4n) is 0.941. The van der Waals surface area contributed by atoms with Crippen LogP contribution >= 0.6 is 23.2 Å². The molecule has 1 aromatic carbocycles. The third-order valence-electron chi connectivity index (χ3n) is 1.65. The molecule has 0 radical (unpaired) electrons. The second-order valence-electron chi connectivity index (χ2n) is 2.43. The molecule has 0 spiro atoms. The molecule has 0 unspecified atom stereocenters. The average molecular weight is 235 g/mol. The van der Waals surface area contributed by atoms with Crippen LogP contribution in [0.25, 0.3) is 0 Å². The van der Waals surface area contributed by atoms with E-state index in [1.807, 2.05) is 0 Å². The maximum Gasteiger partial charge on any atom is 0.171 e. The highest BCUT2D eigenvalue weighted by Gasteiger charge is 2.12. The molecule has 0 amide bonds. The third-order valence-corrected chi connectivity index (χ3v) is 2.52. The van der Waals surface area contributed by atoms with Gasteiger partial charge in [-0.2, -0.15) is 0 Å². The van der Waals surface area contributed by atoms with Gasteiger partial charge in [-0.15, -0.1) is 0 Å². The molecule has 4 nitrogen and oxygen atoms in total. The van der Waals surface area contributed by atoms with Crippen LogP contribution in [0.5, 0.6) is 5.75 Å². The fraction of sp³-hybridized carbons (Fsp3) is 0.125. The SMILES string of the molecule is COc1ccc(/C(N)=N/O)c(Cl)c1Cl. The minimum Gasteiger partial charge on any atom is -0.495 e. The Bertz CT molecular complexity index is 380. The van der Waals surface area contributed by atoms with E-state index >= 15 is 0 Å². The smallest absolute Gasteiger partial charge is 0.171 e. The van der Waals surface area contributed by atoms with E-state index in [4.69, 9.17) is 38.9 Å². The van der Waals surface area contributed by atoms with Crippen LogP contribution in [0.2, 0.25) is 10.0 Å². The van der Waals surface area contributed by atoms with Gasteiger partial charge in [0, 0.05) is 5.56 Å². The lowest BCUT2D eigenvalue weighted by Gasteiger charge is -2.07. The van der Waals surface area contributed by atoms with E-state index in [-0.39, 0.29) is 15.9 Å². The Morgan fingerprint density at radius 3 is 2.57 bits per heavy atom.